The Balaban J connectivity index is 3.24. The van der Waals surface area contributed by atoms with E-state index >= 15 is 0 Å². The third-order valence-electron chi connectivity index (χ3n) is 2.27. The number of esters is 2. The van der Waals surface area contributed by atoms with Crippen LogP contribution in [0.5, 0.6) is 0 Å². The van der Waals surface area contributed by atoms with Crippen molar-refractivity contribution in [3.05, 3.63) is 33.4 Å². The van der Waals surface area contributed by atoms with Gasteiger partial charge in [-0.1, -0.05) is 6.92 Å². The number of aryl methyl sites for hydroxylation is 1. The van der Waals surface area contributed by atoms with Crippen LogP contribution in [0.2, 0.25) is 0 Å². The summed E-state index contributed by atoms with van der Waals surface area (Å²) in [5.41, 5.74) is -0.907. The standard InChI is InChI=1S/C13H16O6/c1-4-6-18-13(16)11-8(3)19-10(14)7-9(11)12(15)17-5-2/h7H,4-6H2,1-3H3. The molecule has 19 heavy (non-hydrogen) atoms. The largest absolute Gasteiger partial charge is 0.462 e. The number of hydrogen-bond donors (Lipinski definition) is 0. The first-order chi connectivity index (χ1) is 9.01. The second-order valence-electron chi connectivity index (χ2n) is 3.77. The first-order valence-electron chi connectivity index (χ1n) is 6.00. The molecule has 1 aromatic rings. The van der Waals surface area contributed by atoms with E-state index in [9.17, 15) is 14.4 Å². The molecule has 0 saturated carbocycles. The predicted molar refractivity (Wildman–Crippen MR) is 66.2 cm³/mol. The number of ether oxygens (including phenoxy) is 2. The highest BCUT2D eigenvalue weighted by Gasteiger charge is 2.24. The molecule has 6 heteroatoms. The van der Waals surface area contributed by atoms with Crippen molar-refractivity contribution in [2.24, 2.45) is 0 Å². The zero-order valence-corrected chi connectivity index (χ0v) is 11.1. The first-order valence-corrected chi connectivity index (χ1v) is 6.00. The number of rotatable bonds is 5. The fourth-order valence-corrected chi connectivity index (χ4v) is 1.50. The van der Waals surface area contributed by atoms with Gasteiger partial charge in [0.25, 0.3) is 0 Å². The summed E-state index contributed by atoms with van der Waals surface area (Å²) < 4.78 is 14.6. The minimum absolute atomic E-state index is 0.0386. The Bertz CT molecular complexity index is 528. The van der Waals surface area contributed by atoms with Crippen molar-refractivity contribution in [3.63, 3.8) is 0 Å². The zero-order chi connectivity index (χ0) is 14.4. The van der Waals surface area contributed by atoms with Crippen LogP contribution < -0.4 is 5.63 Å². The molecule has 1 rings (SSSR count). The maximum absolute atomic E-state index is 11.9. The summed E-state index contributed by atoms with van der Waals surface area (Å²) in [5, 5.41) is 0. The second kappa shape index (κ2) is 6.72. The van der Waals surface area contributed by atoms with Gasteiger partial charge in [-0.15, -0.1) is 0 Å². The van der Waals surface area contributed by atoms with E-state index in [0.29, 0.717) is 6.42 Å². The van der Waals surface area contributed by atoms with Gasteiger partial charge in [-0.3, -0.25) is 0 Å². The molecule has 0 radical (unpaired) electrons. The quantitative estimate of drug-likeness (QED) is 0.756. The molecule has 0 unspecified atom stereocenters. The second-order valence-corrected chi connectivity index (χ2v) is 3.77. The lowest BCUT2D eigenvalue weighted by Gasteiger charge is -2.09. The molecule has 0 aliphatic rings. The molecule has 6 nitrogen and oxygen atoms in total. The molecule has 0 amide bonds. The SMILES string of the molecule is CCCOC(=O)c1c(C(=O)OCC)cc(=O)oc1C. The molecule has 0 aliphatic carbocycles. The van der Waals surface area contributed by atoms with Crippen LogP contribution in [-0.4, -0.2) is 25.2 Å². The summed E-state index contributed by atoms with van der Waals surface area (Å²) in [5.74, 6) is -1.41. The summed E-state index contributed by atoms with van der Waals surface area (Å²) in [4.78, 5) is 34.9. The molecule has 0 aliphatic heterocycles. The molecule has 0 spiro atoms. The fourth-order valence-electron chi connectivity index (χ4n) is 1.50. The molecule has 0 fully saturated rings. The minimum atomic E-state index is -0.748. The summed E-state index contributed by atoms with van der Waals surface area (Å²) in [7, 11) is 0. The van der Waals surface area contributed by atoms with Crippen LogP contribution in [0.15, 0.2) is 15.3 Å². The Morgan fingerprint density at radius 2 is 1.89 bits per heavy atom. The van der Waals surface area contributed by atoms with Gasteiger partial charge in [-0.2, -0.15) is 0 Å². The highest BCUT2D eigenvalue weighted by Crippen LogP contribution is 2.15. The summed E-state index contributed by atoms with van der Waals surface area (Å²) in [6.07, 6.45) is 0.649. The van der Waals surface area contributed by atoms with Crippen molar-refractivity contribution in [3.8, 4) is 0 Å². The lowest BCUT2D eigenvalue weighted by Crippen LogP contribution is -2.19. The molecule has 0 saturated heterocycles. The molecule has 1 heterocycles. The van der Waals surface area contributed by atoms with E-state index in [1.807, 2.05) is 6.92 Å². The first kappa shape index (κ1) is 14.9. The van der Waals surface area contributed by atoms with E-state index in [2.05, 4.69) is 0 Å². The minimum Gasteiger partial charge on any atom is -0.462 e. The maximum Gasteiger partial charge on any atom is 0.342 e. The van der Waals surface area contributed by atoms with Gasteiger partial charge in [0.1, 0.15) is 11.3 Å². The van der Waals surface area contributed by atoms with Crippen LogP contribution in [0, 0.1) is 6.92 Å². The van der Waals surface area contributed by atoms with E-state index < -0.39 is 17.6 Å². The van der Waals surface area contributed by atoms with Crippen molar-refractivity contribution in [1.29, 1.82) is 0 Å². The molecule has 0 aromatic carbocycles. The normalized spacial score (nSPS) is 10.1. The predicted octanol–water partition coefficient (Wildman–Crippen LogP) is 1.69. The van der Waals surface area contributed by atoms with Crippen LogP contribution in [-0.2, 0) is 9.47 Å². The van der Waals surface area contributed by atoms with Gasteiger partial charge in [-0.25, -0.2) is 14.4 Å². The van der Waals surface area contributed by atoms with Crippen molar-refractivity contribution < 1.29 is 23.5 Å². The monoisotopic (exact) mass is 268 g/mol. The van der Waals surface area contributed by atoms with Crippen LogP contribution in [0.25, 0.3) is 0 Å². The molecular weight excluding hydrogens is 252 g/mol. The van der Waals surface area contributed by atoms with Gasteiger partial charge in [0.15, 0.2) is 0 Å². The Labute approximate surface area is 110 Å². The molecule has 0 bridgehead atoms. The summed E-state index contributed by atoms with van der Waals surface area (Å²) >= 11 is 0. The summed E-state index contributed by atoms with van der Waals surface area (Å²) in [6, 6.07) is 0.938. The third kappa shape index (κ3) is 3.67. The van der Waals surface area contributed by atoms with E-state index in [4.69, 9.17) is 13.9 Å². The highest BCUT2D eigenvalue weighted by molar-refractivity contribution is 6.03. The topological polar surface area (TPSA) is 82.8 Å². The van der Waals surface area contributed by atoms with Crippen molar-refractivity contribution in [2.75, 3.05) is 13.2 Å². The van der Waals surface area contributed by atoms with Gasteiger partial charge in [0, 0.05) is 6.07 Å². The highest BCUT2D eigenvalue weighted by atomic mass is 16.5. The van der Waals surface area contributed by atoms with Crippen LogP contribution >= 0.6 is 0 Å². The van der Waals surface area contributed by atoms with E-state index in [1.54, 1.807) is 6.92 Å². The Morgan fingerprint density at radius 1 is 1.21 bits per heavy atom. The fraction of sp³-hybridized carbons (Fsp3) is 0.462. The van der Waals surface area contributed by atoms with Crippen molar-refractivity contribution in [1.82, 2.24) is 0 Å². The Morgan fingerprint density at radius 3 is 2.47 bits per heavy atom. The van der Waals surface area contributed by atoms with Gasteiger partial charge < -0.3 is 13.9 Å². The van der Waals surface area contributed by atoms with Crippen molar-refractivity contribution >= 4 is 11.9 Å². The average Bonchev–Trinajstić information content (AvgIpc) is 2.35. The lowest BCUT2D eigenvalue weighted by atomic mass is 10.1. The van der Waals surface area contributed by atoms with Gasteiger partial charge in [0.2, 0.25) is 0 Å². The number of carbonyl (C=O) groups excluding carboxylic acids is 2. The molecule has 0 atom stereocenters. The molecule has 1 aromatic heterocycles. The van der Waals surface area contributed by atoms with Gasteiger partial charge >= 0.3 is 17.6 Å². The van der Waals surface area contributed by atoms with Crippen LogP contribution in [0.3, 0.4) is 0 Å². The number of carbonyl (C=O) groups is 2. The average molecular weight is 268 g/mol. The van der Waals surface area contributed by atoms with E-state index in [-0.39, 0.29) is 30.1 Å². The summed E-state index contributed by atoms with van der Waals surface area (Å²) in [6.45, 7) is 5.26. The molecule has 104 valence electrons. The molecule has 0 N–H and O–H groups in total. The number of hydrogen-bond acceptors (Lipinski definition) is 6. The smallest absolute Gasteiger partial charge is 0.342 e. The Hall–Kier alpha value is -2.11. The maximum atomic E-state index is 11.9. The zero-order valence-electron chi connectivity index (χ0n) is 11.1. The Kier molecular flexibility index (Phi) is 5.29. The van der Waals surface area contributed by atoms with Crippen LogP contribution in [0.1, 0.15) is 46.7 Å². The third-order valence-corrected chi connectivity index (χ3v) is 2.27. The lowest BCUT2D eigenvalue weighted by molar-refractivity contribution is 0.0461. The molecular formula is C13H16O6. The van der Waals surface area contributed by atoms with Gasteiger partial charge in [0.05, 0.1) is 18.8 Å². The van der Waals surface area contributed by atoms with Crippen LogP contribution in [0.4, 0.5) is 0 Å². The van der Waals surface area contributed by atoms with Crippen molar-refractivity contribution in [2.45, 2.75) is 27.2 Å². The van der Waals surface area contributed by atoms with Gasteiger partial charge in [-0.05, 0) is 20.3 Å². The van der Waals surface area contributed by atoms with E-state index in [1.165, 1.54) is 6.92 Å². The van der Waals surface area contributed by atoms with E-state index in [0.717, 1.165) is 6.07 Å².